The number of carbonyl (C=O) groups is 1. The van der Waals surface area contributed by atoms with Crippen LogP contribution in [0.15, 0.2) is 41.7 Å². The first-order valence-electron chi connectivity index (χ1n) is 6.86. The van der Waals surface area contributed by atoms with Crippen molar-refractivity contribution < 1.29 is 9.53 Å². The fourth-order valence-corrected chi connectivity index (χ4v) is 2.62. The SMILES string of the molecule is C=C(C)C1=C(OC(=O)c2cccc(C)c2Cl)CCCC1. The van der Waals surface area contributed by atoms with Gasteiger partial charge in [-0.3, -0.25) is 0 Å². The highest BCUT2D eigenvalue weighted by Gasteiger charge is 2.20. The molecule has 1 aliphatic carbocycles. The standard InChI is InChI=1S/C17H19ClO2/c1-11(2)13-8-4-5-10-15(13)20-17(19)14-9-6-7-12(3)16(14)18/h6-7,9H,1,4-5,8,10H2,2-3H3. The van der Waals surface area contributed by atoms with Crippen molar-refractivity contribution >= 4 is 17.6 Å². The molecule has 0 saturated heterocycles. The van der Waals surface area contributed by atoms with Gasteiger partial charge >= 0.3 is 5.97 Å². The molecule has 0 radical (unpaired) electrons. The lowest BCUT2D eigenvalue weighted by Gasteiger charge is -2.20. The first-order valence-corrected chi connectivity index (χ1v) is 7.23. The molecular weight excluding hydrogens is 272 g/mol. The number of halogens is 1. The molecule has 0 heterocycles. The number of hydrogen-bond acceptors (Lipinski definition) is 2. The summed E-state index contributed by atoms with van der Waals surface area (Å²) in [4.78, 5) is 12.3. The van der Waals surface area contributed by atoms with Crippen LogP contribution in [-0.4, -0.2) is 5.97 Å². The Morgan fingerprint density at radius 2 is 2.00 bits per heavy atom. The molecule has 3 heteroatoms. The number of ether oxygens (including phenoxy) is 1. The minimum Gasteiger partial charge on any atom is -0.427 e. The van der Waals surface area contributed by atoms with Gasteiger partial charge in [-0.1, -0.05) is 35.9 Å². The van der Waals surface area contributed by atoms with Crippen molar-refractivity contribution in [3.05, 3.63) is 57.8 Å². The summed E-state index contributed by atoms with van der Waals surface area (Å²) >= 11 is 6.17. The second-order valence-electron chi connectivity index (χ2n) is 5.22. The van der Waals surface area contributed by atoms with Gasteiger partial charge in [-0.2, -0.15) is 0 Å². The Balaban J connectivity index is 2.27. The van der Waals surface area contributed by atoms with E-state index in [1.807, 2.05) is 26.0 Å². The summed E-state index contributed by atoms with van der Waals surface area (Å²) in [6, 6.07) is 5.38. The number of hydrogen-bond donors (Lipinski definition) is 0. The molecule has 0 atom stereocenters. The van der Waals surface area contributed by atoms with Gasteiger partial charge in [0.1, 0.15) is 5.76 Å². The maximum atomic E-state index is 12.3. The monoisotopic (exact) mass is 290 g/mol. The molecule has 2 rings (SSSR count). The molecule has 0 aliphatic heterocycles. The van der Waals surface area contributed by atoms with E-state index in [4.69, 9.17) is 16.3 Å². The van der Waals surface area contributed by atoms with Crippen LogP contribution in [0.4, 0.5) is 0 Å². The van der Waals surface area contributed by atoms with E-state index in [9.17, 15) is 4.79 Å². The number of benzene rings is 1. The largest absolute Gasteiger partial charge is 0.427 e. The highest BCUT2D eigenvalue weighted by molar-refractivity contribution is 6.34. The quantitative estimate of drug-likeness (QED) is 0.714. The smallest absolute Gasteiger partial charge is 0.344 e. The van der Waals surface area contributed by atoms with Crippen molar-refractivity contribution in [2.75, 3.05) is 0 Å². The maximum absolute atomic E-state index is 12.3. The predicted molar refractivity (Wildman–Crippen MR) is 81.9 cm³/mol. The number of allylic oxidation sites excluding steroid dienone is 3. The van der Waals surface area contributed by atoms with Gasteiger partial charge in [-0.15, -0.1) is 0 Å². The van der Waals surface area contributed by atoms with E-state index in [1.54, 1.807) is 6.07 Å². The molecule has 1 aromatic rings. The Kier molecular flexibility index (Phi) is 4.66. The van der Waals surface area contributed by atoms with Gasteiger partial charge in [0.05, 0.1) is 10.6 Å². The molecule has 0 saturated carbocycles. The molecule has 2 nitrogen and oxygen atoms in total. The maximum Gasteiger partial charge on any atom is 0.344 e. The van der Waals surface area contributed by atoms with E-state index in [2.05, 4.69) is 6.58 Å². The number of rotatable bonds is 3. The van der Waals surface area contributed by atoms with Crippen molar-refractivity contribution in [3.8, 4) is 0 Å². The predicted octanol–water partition coefficient (Wildman–Crippen LogP) is 5.21. The Bertz CT molecular complexity index is 585. The van der Waals surface area contributed by atoms with Crippen LogP contribution in [0, 0.1) is 6.92 Å². The first kappa shape index (κ1) is 14.9. The molecule has 20 heavy (non-hydrogen) atoms. The van der Waals surface area contributed by atoms with Gasteiger partial charge in [-0.05, 0) is 50.3 Å². The molecular formula is C17H19ClO2. The molecule has 0 N–H and O–H groups in total. The summed E-state index contributed by atoms with van der Waals surface area (Å²) in [6.07, 6.45) is 3.88. The second-order valence-corrected chi connectivity index (χ2v) is 5.59. The third kappa shape index (κ3) is 3.13. The summed E-state index contributed by atoms with van der Waals surface area (Å²) in [5.74, 6) is 0.376. The zero-order valence-corrected chi connectivity index (χ0v) is 12.7. The summed E-state index contributed by atoms with van der Waals surface area (Å²) < 4.78 is 5.58. The van der Waals surface area contributed by atoms with Gasteiger partial charge in [0.25, 0.3) is 0 Å². The van der Waals surface area contributed by atoms with Gasteiger partial charge < -0.3 is 4.74 Å². The van der Waals surface area contributed by atoms with Crippen LogP contribution in [0.25, 0.3) is 0 Å². The highest BCUT2D eigenvalue weighted by atomic mass is 35.5. The summed E-state index contributed by atoms with van der Waals surface area (Å²) in [5, 5.41) is 0.464. The first-order chi connectivity index (χ1) is 9.50. The van der Waals surface area contributed by atoms with Crippen LogP contribution in [0.1, 0.15) is 48.5 Å². The average molecular weight is 291 g/mol. The van der Waals surface area contributed by atoms with Crippen molar-refractivity contribution in [2.45, 2.75) is 39.5 Å². The molecule has 0 spiro atoms. The Morgan fingerprint density at radius 1 is 1.30 bits per heavy atom. The molecule has 1 aromatic carbocycles. The summed E-state index contributed by atoms with van der Waals surface area (Å²) in [7, 11) is 0. The number of esters is 1. The third-order valence-corrected chi connectivity index (χ3v) is 4.06. The van der Waals surface area contributed by atoms with Crippen LogP contribution in [0.3, 0.4) is 0 Å². The molecule has 1 aliphatic rings. The van der Waals surface area contributed by atoms with E-state index < -0.39 is 0 Å². The van der Waals surface area contributed by atoms with Gasteiger partial charge in [-0.25, -0.2) is 4.79 Å². The van der Waals surface area contributed by atoms with Gasteiger partial charge in [0.2, 0.25) is 0 Å². The summed E-state index contributed by atoms with van der Waals surface area (Å²) in [6.45, 7) is 7.79. The molecule has 0 unspecified atom stereocenters. The molecule has 106 valence electrons. The Morgan fingerprint density at radius 3 is 2.70 bits per heavy atom. The van der Waals surface area contributed by atoms with Crippen molar-refractivity contribution in [1.82, 2.24) is 0 Å². The fraction of sp³-hybridized carbons (Fsp3) is 0.353. The van der Waals surface area contributed by atoms with E-state index >= 15 is 0 Å². The Labute approximate surface area is 125 Å². The zero-order chi connectivity index (χ0) is 14.7. The molecule has 0 amide bonds. The second kappa shape index (κ2) is 6.27. The van der Waals surface area contributed by atoms with Gasteiger partial charge in [0.15, 0.2) is 0 Å². The van der Waals surface area contributed by atoms with E-state index in [0.717, 1.165) is 48.2 Å². The minimum absolute atomic E-state index is 0.380. The molecule has 0 bridgehead atoms. The lowest BCUT2D eigenvalue weighted by atomic mass is 9.93. The van der Waals surface area contributed by atoms with Crippen LogP contribution >= 0.6 is 11.6 Å². The third-order valence-electron chi connectivity index (χ3n) is 3.56. The van der Waals surface area contributed by atoms with E-state index in [1.165, 1.54) is 0 Å². The van der Waals surface area contributed by atoms with Crippen molar-refractivity contribution in [3.63, 3.8) is 0 Å². The van der Waals surface area contributed by atoms with E-state index in [-0.39, 0.29) is 5.97 Å². The lowest BCUT2D eigenvalue weighted by Crippen LogP contribution is -2.11. The highest BCUT2D eigenvalue weighted by Crippen LogP contribution is 2.31. The van der Waals surface area contributed by atoms with Crippen LogP contribution < -0.4 is 0 Å². The van der Waals surface area contributed by atoms with Crippen molar-refractivity contribution in [2.24, 2.45) is 0 Å². The molecule has 0 aromatic heterocycles. The zero-order valence-electron chi connectivity index (χ0n) is 12.0. The lowest BCUT2D eigenvalue weighted by molar-refractivity contribution is 0.0605. The van der Waals surface area contributed by atoms with Crippen LogP contribution in [0.2, 0.25) is 5.02 Å². The number of aryl methyl sites for hydroxylation is 1. The van der Waals surface area contributed by atoms with Crippen molar-refractivity contribution in [1.29, 1.82) is 0 Å². The Hall–Kier alpha value is -1.54. The normalized spacial score (nSPS) is 15.2. The fourth-order valence-electron chi connectivity index (χ4n) is 2.41. The topological polar surface area (TPSA) is 26.3 Å². The van der Waals surface area contributed by atoms with Crippen LogP contribution in [0.5, 0.6) is 0 Å². The average Bonchev–Trinajstić information content (AvgIpc) is 2.42. The summed E-state index contributed by atoms with van der Waals surface area (Å²) in [5.41, 5.74) is 3.35. The van der Waals surface area contributed by atoms with Gasteiger partial charge in [0, 0.05) is 6.42 Å². The minimum atomic E-state index is -0.380. The number of carbonyl (C=O) groups excluding carboxylic acids is 1. The van der Waals surface area contributed by atoms with Crippen LogP contribution in [-0.2, 0) is 4.74 Å². The molecule has 0 fully saturated rings. The van der Waals surface area contributed by atoms with E-state index in [0.29, 0.717) is 10.6 Å².